The van der Waals surface area contributed by atoms with Crippen molar-refractivity contribution >= 4 is 32.1 Å². The molecule has 2 aromatic rings. The lowest BCUT2D eigenvalue weighted by Crippen LogP contribution is -2.34. The second-order valence-corrected chi connectivity index (χ2v) is 7.46. The third kappa shape index (κ3) is 2.90. The van der Waals surface area contributed by atoms with Crippen molar-refractivity contribution in [2.45, 2.75) is 17.9 Å². The van der Waals surface area contributed by atoms with Crippen molar-refractivity contribution in [3.8, 4) is 0 Å². The molecule has 1 saturated heterocycles. The number of nitrogen functional groups attached to an aromatic ring is 1. The van der Waals surface area contributed by atoms with Crippen LogP contribution in [0.3, 0.4) is 0 Å². The van der Waals surface area contributed by atoms with E-state index in [9.17, 15) is 8.42 Å². The summed E-state index contributed by atoms with van der Waals surface area (Å²) in [4.78, 5) is 4.73. The number of rotatable bonds is 5. The van der Waals surface area contributed by atoms with Crippen LogP contribution in [0, 0.1) is 5.92 Å². The smallest absolute Gasteiger partial charge is 0.260 e. The highest BCUT2D eigenvalue weighted by Gasteiger charge is 2.26. The summed E-state index contributed by atoms with van der Waals surface area (Å²) in [6.45, 7) is 1.69. The van der Waals surface area contributed by atoms with Gasteiger partial charge in [-0.3, -0.25) is 4.40 Å². The van der Waals surface area contributed by atoms with Gasteiger partial charge in [-0.05, 0) is 18.8 Å². The van der Waals surface area contributed by atoms with Crippen molar-refractivity contribution in [1.29, 1.82) is 0 Å². The lowest BCUT2D eigenvalue weighted by atomic mass is 10.0. The third-order valence-corrected chi connectivity index (χ3v) is 5.63. The van der Waals surface area contributed by atoms with Crippen LogP contribution in [0.15, 0.2) is 16.6 Å². The van der Waals surface area contributed by atoms with Gasteiger partial charge in [-0.15, -0.1) is 11.3 Å². The number of imidazole rings is 1. The molecule has 2 aromatic heterocycles. The van der Waals surface area contributed by atoms with E-state index in [4.69, 9.17) is 10.6 Å². The van der Waals surface area contributed by atoms with Crippen LogP contribution in [0.5, 0.6) is 0 Å². The van der Waals surface area contributed by atoms with E-state index in [-0.39, 0.29) is 16.8 Å². The molecule has 1 atom stereocenters. The Morgan fingerprint density at radius 1 is 1.57 bits per heavy atom. The number of nitrogens with two attached hydrogens (primary N) is 1. The molecular formula is C11H17N5O3S2. The first-order valence-corrected chi connectivity index (χ1v) is 8.97. The monoisotopic (exact) mass is 331 g/mol. The normalized spacial score (nSPS) is 20.0. The molecule has 3 heterocycles. The van der Waals surface area contributed by atoms with Gasteiger partial charge in [0.05, 0.1) is 6.61 Å². The highest BCUT2D eigenvalue weighted by molar-refractivity contribution is 7.89. The molecule has 10 heteroatoms. The van der Waals surface area contributed by atoms with E-state index in [0.29, 0.717) is 18.1 Å². The summed E-state index contributed by atoms with van der Waals surface area (Å²) in [5.41, 5.74) is 2.35. The molecule has 0 aromatic carbocycles. The summed E-state index contributed by atoms with van der Waals surface area (Å²) >= 11 is 1.34. The van der Waals surface area contributed by atoms with Crippen LogP contribution in [0.25, 0.3) is 4.96 Å². The molecular weight excluding hydrogens is 314 g/mol. The molecule has 1 aliphatic rings. The standard InChI is InChI=1S/C11H17N5O3S2/c12-15-9-10(16-3-5-20-11(16)14-9)21(17,18)13-6-8-2-1-4-19-7-8/h3,5,8,13,15H,1-2,4,6-7,12H2. The average molecular weight is 331 g/mol. The van der Waals surface area contributed by atoms with Crippen molar-refractivity contribution < 1.29 is 13.2 Å². The molecule has 0 radical (unpaired) electrons. The lowest BCUT2D eigenvalue weighted by molar-refractivity contribution is 0.0568. The highest BCUT2D eigenvalue weighted by atomic mass is 32.2. The Hall–Kier alpha value is -1.20. The fourth-order valence-corrected chi connectivity index (χ4v) is 4.51. The topological polar surface area (TPSA) is 111 Å². The van der Waals surface area contributed by atoms with E-state index in [2.05, 4.69) is 15.1 Å². The molecule has 3 rings (SSSR count). The number of nitrogens with one attached hydrogen (secondary N) is 2. The van der Waals surface area contributed by atoms with Crippen molar-refractivity contribution in [2.75, 3.05) is 25.2 Å². The predicted molar refractivity (Wildman–Crippen MR) is 79.6 cm³/mol. The van der Waals surface area contributed by atoms with Crippen LogP contribution >= 0.6 is 11.3 Å². The van der Waals surface area contributed by atoms with Gasteiger partial charge in [0.1, 0.15) is 0 Å². The first-order chi connectivity index (χ1) is 10.1. The van der Waals surface area contributed by atoms with E-state index in [1.165, 1.54) is 15.7 Å². The lowest BCUT2D eigenvalue weighted by Gasteiger charge is -2.22. The fraction of sp³-hybridized carbons (Fsp3) is 0.545. The molecule has 116 valence electrons. The number of aromatic nitrogens is 2. The Morgan fingerprint density at radius 3 is 3.14 bits per heavy atom. The zero-order chi connectivity index (χ0) is 14.9. The number of ether oxygens (including phenoxy) is 1. The van der Waals surface area contributed by atoms with E-state index >= 15 is 0 Å². The van der Waals surface area contributed by atoms with Crippen LogP contribution in [0.4, 0.5) is 5.82 Å². The van der Waals surface area contributed by atoms with Crippen molar-refractivity contribution in [3.63, 3.8) is 0 Å². The van der Waals surface area contributed by atoms with Gasteiger partial charge >= 0.3 is 0 Å². The Balaban J connectivity index is 1.83. The van der Waals surface area contributed by atoms with E-state index < -0.39 is 10.0 Å². The van der Waals surface area contributed by atoms with Gasteiger partial charge in [-0.2, -0.15) is 4.98 Å². The van der Waals surface area contributed by atoms with E-state index in [0.717, 1.165) is 19.4 Å². The van der Waals surface area contributed by atoms with Gasteiger partial charge < -0.3 is 10.2 Å². The molecule has 0 spiro atoms. The van der Waals surface area contributed by atoms with Gasteiger partial charge in [0.25, 0.3) is 10.0 Å². The van der Waals surface area contributed by atoms with Crippen LogP contribution in [0.2, 0.25) is 0 Å². The zero-order valence-electron chi connectivity index (χ0n) is 11.3. The maximum absolute atomic E-state index is 12.5. The number of anilines is 1. The minimum atomic E-state index is -3.70. The number of fused-ring (bicyclic) bond motifs is 1. The first-order valence-electron chi connectivity index (χ1n) is 6.61. The van der Waals surface area contributed by atoms with Crippen LogP contribution in [-0.4, -0.2) is 37.6 Å². The van der Waals surface area contributed by atoms with E-state index in [1.807, 2.05) is 0 Å². The number of hydrogen-bond acceptors (Lipinski definition) is 7. The second kappa shape index (κ2) is 5.89. The summed E-state index contributed by atoms with van der Waals surface area (Å²) in [5.74, 6) is 5.73. The van der Waals surface area contributed by atoms with Gasteiger partial charge in [0.15, 0.2) is 10.8 Å². The fourth-order valence-electron chi connectivity index (χ4n) is 2.38. The summed E-state index contributed by atoms with van der Waals surface area (Å²) in [6, 6.07) is 0. The summed E-state index contributed by atoms with van der Waals surface area (Å²) in [5, 5.41) is 1.81. The van der Waals surface area contributed by atoms with Crippen molar-refractivity contribution in [1.82, 2.24) is 14.1 Å². The summed E-state index contributed by atoms with van der Waals surface area (Å²) in [6.07, 6.45) is 3.58. The highest BCUT2D eigenvalue weighted by Crippen LogP contribution is 2.25. The number of hydrogen-bond donors (Lipinski definition) is 3. The Bertz CT molecular complexity index is 717. The maximum Gasteiger partial charge on any atom is 0.260 e. The van der Waals surface area contributed by atoms with E-state index in [1.54, 1.807) is 11.6 Å². The quantitative estimate of drug-likeness (QED) is 0.540. The maximum atomic E-state index is 12.5. The first kappa shape index (κ1) is 14.7. The second-order valence-electron chi connectivity index (χ2n) is 4.90. The van der Waals surface area contributed by atoms with Gasteiger partial charge in [0.2, 0.25) is 5.03 Å². The van der Waals surface area contributed by atoms with Crippen molar-refractivity contribution in [2.24, 2.45) is 11.8 Å². The molecule has 0 amide bonds. The van der Waals surface area contributed by atoms with Crippen molar-refractivity contribution in [3.05, 3.63) is 11.6 Å². The summed E-state index contributed by atoms with van der Waals surface area (Å²) in [7, 11) is -3.70. The molecule has 1 aliphatic heterocycles. The molecule has 21 heavy (non-hydrogen) atoms. The number of nitrogens with zero attached hydrogens (tertiary/aromatic N) is 2. The Morgan fingerprint density at radius 2 is 2.43 bits per heavy atom. The predicted octanol–water partition coefficient (Wildman–Crippen LogP) is 0.386. The SMILES string of the molecule is NNc1nc2sccn2c1S(=O)(=O)NCC1CCCOC1. The molecule has 0 aliphatic carbocycles. The minimum Gasteiger partial charge on any atom is -0.381 e. The zero-order valence-corrected chi connectivity index (χ0v) is 12.9. The largest absolute Gasteiger partial charge is 0.381 e. The number of sulfonamides is 1. The Kier molecular flexibility index (Phi) is 4.13. The molecule has 0 bridgehead atoms. The Labute approximate surface area is 126 Å². The molecule has 4 N–H and O–H groups in total. The van der Waals surface area contributed by atoms with Crippen LogP contribution < -0.4 is 16.0 Å². The minimum absolute atomic E-state index is 0.0398. The van der Waals surface area contributed by atoms with Gasteiger partial charge in [0, 0.05) is 24.7 Å². The third-order valence-electron chi connectivity index (χ3n) is 3.43. The van der Waals surface area contributed by atoms with Gasteiger partial charge in [-0.1, -0.05) is 0 Å². The van der Waals surface area contributed by atoms with Crippen LogP contribution in [0.1, 0.15) is 12.8 Å². The van der Waals surface area contributed by atoms with Gasteiger partial charge in [-0.25, -0.2) is 19.0 Å². The average Bonchev–Trinajstić information content (AvgIpc) is 3.06. The molecule has 0 saturated carbocycles. The molecule has 1 unspecified atom stereocenters. The summed E-state index contributed by atoms with van der Waals surface area (Å²) < 4.78 is 34.5. The molecule has 1 fully saturated rings. The number of hydrazine groups is 1. The van der Waals surface area contributed by atoms with Crippen LogP contribution in [-0.2, 0) is 14.8 Å². The number of thiazole rings is 1. The molecule has 8 nitrogen and oxygen atoms in total.